The van der Waals surface area contributed by atoms with E-state index in [1.807, 2.05) is 13.0 Å². The van der Waals surface area contributed by atoms with Gasteiger partial charge >= 0.3 is 6.09 Å². The Morgan fingerprint density at radius 3 is 2.67 bits per heavy atom. The lowest BCUT2D eigenvalue weighted by Gasteiger charge is -2.13. The topological polar surface area (TPSA) is 154 Å². The van der Waals surface area contributed by atoms with Crippen LogP contribution < -0.4 is 10.6 Å². The van der Waals surface area contributed by atoms with Crippen LogP contribution >= 0.6 is 0 Å². The Kier molecular flexibility index (Phi) is 4.79. The van der Waals surface area contributed by atoms with E-state index in [0.717, 1.165) is 16.7 Å². The van der Waals surface area contributed by atoms with Crippen LogP contribution in [-0.4, -0.2) is 37.0 Å². The summed E-state index contributed by atoms with van der Waals surface area (Å²) < 4.78 is 0. The zero-order chi connectivity index (χ0) is 23.1. The number of pyridine rings is 2. The van der Waals surface area contributed by atoms with Crippen LogP contribution in [0.2, 0.25) is 0 Å². The van der Waals surface area contributed by atoms with E-state index < -0.39 is 6.09 Å². The Morgan fingerprint density at radius 1 is 1.09 bits per heavy atom. The molecule has 10 heteroatoms. The van der Waals surface area contributed by atoms with Gasteiger partial charge in [-0.2, -0.15) is 5.26 Å². The molecule has 0 unspecified atom stereocenters. The summed E-state index contributed by atoms with van der Waals surface area (Å²) in [4.78, 5) is 41.0. The molecule has 0 saturated heterocycles. The van der Waals surface area contributed by atoms with Crippen LogP contribution in [0.4, 0.5) is 16.3 Å². The minimum atomic E-state index is -1.21. The van der Waals surface area contributed by atoms with Gasteiger partial charge < -0.3 is 10.4 Å². The molecule has 5 rings (SSSR count). The Morgan fingerprint density at radius 2 is 1.91 bits per heavy atom. The van der Waals surface area contributed by atoms with E-state index in [2.05, 4.69) is 36.6 Å². The minimum absolute atomic E-state index is 0.249. The van der Waals surface area contributed by atoms with Crippen LogP contribution in [0.5, 0.6) is 0 Å². The lowest BCUT2D eigenvalue weighted by Crippen LogP contribution is -2.15. The fourth-order valence-electron chi connectivity index (χ4n) is 3.88. The zero-order valence-corrected chi connectivity index (χ0v) is 17.4. The monoisotopic (exact) mass is 439 g/mol. The van der Waals surface area contributed by atoms with Crippen molar-refractivity contribution in [2.75, 3.05) is 10.6 Å². The molecule has 3 heterocycles. The van der Waals surface area contributed by atoms with Crippen molar-refractivity contribution in [1.29, 1.82) is 5.26 Å². The predicted molar refractivity (Wildman–Crippen MR) is 120 cm³/mol. The number of aryl methyl sites for hydroxylation is 1. The van der Waals surface area contributed by atoms with Crippen LogP contribution in [0.15, 0.2) is 43.0 Å². The highest BCUT2D eigenvalue weighted by molar-refractivity contribution is 6.04. The molecule has 1 aliphatic rings. The third-order valence-electron chi connectivity index (χ3n) is 5.69. The maximum atomic E-state index is 12.3. The van der Waals surface area contributed by atoms with Crippen molar-refractivity contribution >= 4 is 45.4 Å². The number of carboxylic acid groups (broad SMARTS) is 1. The molecule has 2 amide bonds. The predicted octanol–water partition coefficient (Wildman–Crippen LogP) is 3.74. The average Bonchev–Trinajstić information content (AvgIpc) is 3.59. The summed E-state index contributed by atoms with van der Waals surface area (Å²) in [5, 5.41) is 24.7. The summed E-state index contributed by atoms with van der Waals surface area (Å²) in [5.41, 5.74) is 3.88. The standard InChI is InChI=1S/C23H17N7O3/c1-11-16(9-28-21-20(11)25-2-3-26-21)12-4-13-7-19(30-22(31)15-5-14(15)8-24)27-10-17(13)18(6-12)29-23(32)33/h2-4,6-7,9-10,14-15,29H,5H2,1H3,(H,32,33)(H,27,30,31)/t14-,15+/m0/s1. The van der Waals surface area contributed by atoms with Gasteiger partial charge in [-0.3, -0.25) is 15.1 Å². The summed E-state index contributed by atoms with van der Waals surface area (Å²) in [7, 11) is 0. The van der Waals surface area contributed by atoms with Crippen LogP contribution in [0.1, 0.15) is 12.0 Å². The van der Waals surface area contributed by atoms with Crippen LogP contribution in [0.3, 0.4) is 0 Å². The second kappa shape index (κ2) is 7.80. The summed E-state index contributed by atoms with van der Waals surface area (Å²) >= 11 is 0. The van der Waals surface area contributed by atoms with Crippen LogP contribution in [0.25, 0.3) is 33.1 Å². The number of amides is 2. The summed E-state index contributed by atoms with van der Waals surface area (Å²) in [6.07, 6.45) is 5.69. The average molecular weight is 439 g/mol. The van der Waals surface area contributed by atoms with Gasteiger partial charge in [0.2, 0.25) is 5.91 Å². The molecular formula is C23H17N7O3. The second-order valence-corrected chi connectivity index (χ2v) is 7.84. The number of carbonyl (C=O) groups is 2. The molecule has 0 radical (unpaired) electrons. The number of benzene rings is 1. The molecule has 0 bridgehead atoms. The number of anilines is 2. The number of nitrogens with one attached hydrogen (secondary N) is 2. The minimum Gasteiger partial charge on any atom is -0.465 e. The Balaban J connectivity index is 1.60. The lowest BCUT2D eigenvalue weighted by molar-refractivity contribution is -0.117. The van der Waals surface area contributed by atoms with Gasteiger partial charge in [-0.1, -0.05) is 0 Å². The van der Waals surface area contributed by atoms with Crippen molar-refractivity contribution < 1.29 is 14.7 Å². The maximum absolute atomic E-state index is 12.3. The summed E-state index contributed by atoms with van der Waals surface area (Å²) in [6, 6.07) is 7.36. The van der Waals surface area contributed by atoms with E-state index >= 15 is 0 Å². The number of carbonyl (C=O) groups excluding carboxylic acids is 1. The van der Waals surface area contributed by atoms with Crippen molar-refractivity contribution in [2.24, 2.45) is 11.8 Å². The van der Waals surface area contributed by atoms with E-state index in [1.54, 1.807) is 30.7 Å². The normalized spacial score (nSPS) is 16.8. The van der Waals surface area contributed by atoms with Gasteiger partial charge in [0.05, 0.1) is 23.6 Å². The molecule has 2 atom stereocenters. The smallest absolute Gasteiger partial charge is 0.409 e. The molecule has 0 aliphatic heterocycles. The van der Waals surface area contributed by atoms with Crippen molar-refractivity contribution in [3.63, 3.8) is 0 Å². The first-order valence-electron chi connectivity index (χ1n) is 10.2. The van der Waals surface area contributed by atoms with Crippen molar-refractivity contribution in [3.05, 3.63) is 48.5 Å². The van der Waals surface area contributed by atoms with E-state index in [9.17, 15) is 14.7 Å². The van der Waals surface area contributed by atoms with E-state index in [0.29, 0.717) is 39.9 Å². The number of nitrogens with zero attached hydrogens (tertiary/aromatic N) is 5. The molecular weight excluding hydrogens is 422 g/mol. The highest BCUT2D eigenvalue weighted by atomic mass is 16.4. The maximum Gasteiger partial charge on any atom is 0.409 e. The fraction of sp³-hybridized carbons (Fsp3) is 0.174. The van der Waals surface area contributed by atoms with Crippen LogP contribution in [-0.2, 0) is 4.79 Å². The van der Waals surface area contributed by atoms with Gasteiger partial charge in [0.25, 0.3) is 0 Å². The first-order chi connectivity index (χ1) is 15.9. The molecule has 0 spiro atoms. The number of aromatic nitrogens is 4. The first kappa shape index (κ1) is 20.3. The van der Waals surface area contributed by atoms with E-state index in [4.69, 9.17) is 5.26 Å². The molecule has 3 N–H and O–H groups in total. The summed E-state index contributed by atoms with van der Waals surface area (Å²) in [5.74, 6) is -0.499. The van der Waals surface area contributed by atoms with Gasteiger partial charge in [-0.15, -0.1) is 0 Å². The highest BCUT2D eigenvalue weighted by Crippen LogP contribution is 2.39. The lowest BCUT2D eigenvalue weighted by atomic mass is 9.98. The number of hydrogen-bond acceptors (Lipinski definition) is 7. The number of fused-ring (bicyclic) bond motifs is 2. The van der Waals surface area contributed by atoms with Gasteiger partial charge in [0, 0.05) is 35.7 Å². The molecule has 3 aromatic heterocycles. The SMILES string of the molecule is Cc1c(-c2cc(NC(=O)O)c3cnc(NC(=O)[C@@H]4C[C@H]4C#N)cc3c2)cnc2nccnc12. The number of hydrogen-bond donors (Lipinski definition) is 3. The van der Waals surface area contributed by atoms with Crippen molar-refractivity contribution in [3.8, 4) is 17.2 Å². The van der Waals surface area contributed by atoms with Crippen molar-refractivity contribution in [1.82, 2.24) is 19.9 Å². The molecule has 1 aliphatic carbocycles. The van der Waals surface area contributed by atoms with Crippen molar-refractivity contribution in [2.45, 2.75) is 13.3 Å². The van der Waals surface area contributed by atoms with E-state index in [-0.39, 0.29) is 17.7 Å². The van der Waals surface area contributed by atoms with E-state index in [1.165, 1.54) is 6.20 Å². The van der Waals surface area contributed by atoms with Gasteiger partial charge in [0.1, 0.15) is 11.3 Å². The first-order valence-corrected chi connectivity index (χ1v) is 10.2. The molecule has 1 saturated carbocycles. The largest absolute Gasteiger partial charge is 0.465 e. The van der Waals surface area contributed by atoms with Gasteiger partial charge in [0.15, 0.2) is 5.65 Å². The number of rotatable bonds is 4. The number of nitriles is 1. The molecule has 1 fully saturated rings. The molecule has 33 heavy (non-hydrogen) atoms. The molecule has 1 aromatic carbocycles. The Hall–Kier alpha value is -4.65. The Bertz CT molecular complexity index is 1500. The molecule has 4 aromatic rings. The summed E-state index contributed by atoms with van der Waals surface area (Å²) in [6.45, 7) is 1.90. The zero-order valence-electron chi connectivity index (χ0n) is 17.4. The second-order valence-electron chi connectivity index (χ2n) is 7.84. The highest BCUT2D eigenvalue weighted by Gasteiger charge is 2.43. The van der Waals surface area contributed by atoms with Gasteiger partial charge in [-0.25, -0.2) is 19.7 Å². The Labute approximate surface area is 187 Å². The third-order valence-corrected chi connectivity index (χ3v) is 5.69. The third kappa shape index (κ3) is 3.76. The van der Waals surface area contributed by atoms with Crippen LogP contribution in [0, 0.1) is 30.1 Å². The molecule has 162 valence electrons. The fourth-order valence-corrected chi connectivity index (χ4v) is 3.88. The molecule has 10 nitrogen and oxygen atoms in total. The van der Waals surface area contributed by atoms with Gasteiger partial charge in [-0.05, 0) is 48.1 Å². The quantitative estimate of drug-likeness (QED) is 0.434.